The molecule has 0 unspecified atom stereocenters. The summed E-state index contributed by atoms with van der Waals surface area (Å²) in [7, 11) is 1.73. The molecular formula is C12H20BrNOS. The molecule has 16 heavy (non-hydrogen) atoms. The first-order valence-corrected chi connectivity index (χ1v) is 7.29. The second-order valence-corrected chi connectivity index (χ2v) is 6.02. The molecule has 0 aromatic carbocycles. The summed E-state index contributed by atoms with van der Waals surface area (Å²) in [6.45, 7) is 5.00. The second kappa shape index (κ2) is 8.23. The SMILES string of the molecule is COCCNCCCCc1sc(C)cc1Br. The van der Waals surface area contributed by atoms with Gasteiger partial charge in [0.2, 0.25) is 0 Å². The van der Waals surface area contributed by atoms with E-state index >= 15 is 0 Å². The van der Waals surface area contributed by atoms with Crippen LogP contribution in [0, 0.1) is 6.92 Å². The van der Waals surface area contributed by atoms with E-state index in [9.17, 15) is 0 Å². The molecule has 0 aliphatic carbocycles. The molecule has 0 saturated carbocycles. The van der Waals surface area contributed by atoms with E-state index in [1.807, 2.05) is 11.3 Å². The smallest absolute Gasteiger partial charge is 0.0587 e. The highest BCUT2D eigenvalue weighted by Gasteiger charge is 2.03. The minimum Gasteiger partial charge on any atom is -0.383 e. The highest BCUT2D eigenvalue weighted by atomic mass is 79.9. The zero-order chi connectivity index (χ0) is 11.8. The Kier molecular flexibility index (Phi) is 7.28. The van der Waals surface area contributed by atoms with Crippen LogP contribution in [-0.2, 0) is 11.2 Å². The Morgan fingerprint density at radius 1 is 1.38 bits per heavy atom. The molecule has 4 heteroatoms. The predicted molar refractivity (Wildman–Crippen MR) is 74.4 cm³/mol. The number of rotatable bonds is 8. The minimum atomic E-state index is 0.801. The molecule has 0 aliphatic rings. The quantitative estimate of drug-likeness (QED) is 0.744. The van der Waals surface area contributed by atoms with E-state index in [0.29, 0.717) is 0 Å². The summed E-state index contributed by atoms with van der Waals surface area (Å²) < 4.78 is 6.25. The van der Waals surface area contributed by atoms with Crippen molar-refractivity contribution in [2.24, 2.45) is 0 Å². The Labute approximate surface area is 111 Å². The number of nitrogens with one attached hydrogen (secondary N) is 1. The van der Waals surface area contributed by atoms with E-state index in [-0.39, 0.29) is 0 Å². The Morgan fingerprint density at radius 3 is 2.81 bits per heavy atom. The van der Waals surface area contributed by atoms with Gasteiger partial charge in [0.05, 0.1) is 6.61 Å². The van der Waals surface area contributed by atoms with Crippen molar-refractivity contribution >= 4 is 27.3 Å². The van der Waals surface area contributed by atoms with Gasteiger partial charge in [-0.2, -0.15) is 0 Å². The molecule has 1 N–H and O–H groups in total. The fourth-order valence-corrected chi connectivity index (χ4v) is 3.44. The number of hydrogen-bond donors (Lipinski definition) is 1. The van der Waals surface area contributed by atoms with Crippen molar-refractivity contribution in [2.75, 3.05) is 26.8 Å². The zero-order valence-electron chi connectivity index (χ0n) is 10.0. The van der Waals surface area contributed by atoms with Crippen LogP contribution in [0.4, 0.5) is 0 Å². The molecule has 92 valence electrons. The van der Waals surface area contributed by atoms with Crippen LogP contribution in [0.5, 0.6) is 0 Å². The molecule has 1 aromatic rings. The van der Waals surface area contributed by atoms with E-state index in [1.54, 1.807) is 7.11 Å². The van der Waals surface area contributed by atoms with E-state index < -0.39 is 0 Å². The van der Waals surface area contributed by atoms with Crippen LogP contribution in [0.15, 0.2) is 10.5 Å². The van der Waals surface area contributed by atoms with E-state index in [1.165, 1.54) is 33.5 Å². The highest BCUT2D eigenvalue weighted by molar-refractivity contribution is 9.10. The molecule has 0 aliphatic heterocycles. The number of thiophene rings is 1. The van der Waals surface area contributed by atoms with Gasteiger partial charge < -0.3 is 10.1 Å². The summed E-state index contributed by atoms with van der Waals surface area (Å²) in [5.74, 6) is 0. The molecule has 2 nitrogen and oxygen atoms in total. The van der Waals surface area contributed by atoms with Crippen LogP contribution in [0.2, 0.25) is 0 Å². The average molecular weight is 306 g/mol. The Bertz CT molecular complexity index is 301. The summed E-state index contributed by atoms with van der Waals surface area (Å²) in [4.78, 5) is 2.87. The van der Waals surface area contributed by atoms with Crippen LogP contribution < -0.4 is 5.32 Å². The first-order chi connectivity index (χ1) is 7.74. The lowest BCUT2D eigenvalue weighted by Gasteiger charge is -2.03. The second-order valence-electron chi connectivity index (χ2n) is 3.83. The largest absolute Gasteiger partial charge is 0.383 e. The van der Waals surface area contributed by atoms with Crippen molar-refractivity contribution in [3.63, 3.8) is 0 Å². The number of methoxy groups -OCH3 is 1. The van der Waals surface area contributed by atoms with Gasteiger partial charge >= 0.3 is 0 Å². The maximum atomic E-state index is 4.97. The molecule has 0 radical (unpaired) electrons. The van der Waals surface area contributed by atoms with Gasteiger partial charge in [-0.3, -0.25) is 0 Å². The first kappa shape index (κ1) is 14.2. The van der Waals surface area contributed by atoms with Crippen LogP contribution >= 0.6 is 27.3 Å². The molecule has 0 saturated heterocycles. The van der Waals surface area contributed by atoms with Gasteiger partial charge in [0.1, 0.15) is 0 Å². The lowest BCUT2D eigenvalue weighted by Crippen LogP contribution is -2.20. The molecule has 0 bridgehead atoms. The van der Waals surface area contributed by atoms with Crippen molar-refractivity contribution in [3.8, 4) is 0 Å². The van der Waals surface area contributed by atoms with E-state index in [0.717, 1.165) is 19.7 Å². The summed E-state index contributed by atoms with van der Waals surface area (Å²) in [5.41, 5.74) is 0. The molecule has 1 heterocycles. The van der Waals surface area contributed by atoms with Gasteiger partial charge in [0.25, 0.3) is 0 Å². The fraction of sp³-hybridized carbons (Fsp3) is 0.667. The molecule has 1 aromatic heterocycles. The van der Waals surface area contributed by atoms with Crippen LogP contribution in [-0.4, -0.2) is 26.8 Å². The van der Waals surface area contributed by atoms with Gasteiger partial charge in [-0.05, 0) is 54.7 Å². The molecule has 1 rings (SSSR count). The molecular weight excluding hydrogens is 286 g/mol. The van der Waals surface area contributed by atoms with Crippen LogP contribution in [0.25, 0.3) is 0 Å². The third-order valence-corrected chi connectivity index (χ3v) is 4.45. The molecule has 0 spiro atoms. The monoisotopic (exact) mass is 305 g/mol. The number of aryl methyl sites for hydroxylation is 2. The third kappa shape index (κ3) is 5.43. The summed E-state index contributed by atoms with van der Waals surface area (Å²) >= 11 is 5.50. The maximum absolute atomic E-state index is 4.97. The lowest BCUT2D eigenvalue weighted by atomic mass is 10.2. The predicted octanol–water partition coefficient (Wildman–Crippen LogP) is 3.38. The number of halogens is 1. The summed E-state index contributed by atoms with van der Waals surface area (Å²) in [6, 6.07) is 2.21. The molecule has 0 atom stereocenters. The Balaban J connectivity index is 2.05. The van der Waals surface area contributed by atoms with Crippen molar-refractivity contribution in [1.29, 1.82) is 0 Å². The van der Waals surface area contributed by atoms with Crippen molar-refractivity contribution in [3.05, 3.63) is 20.3 Å². The number of ether oxygens (including phenoxy) is 1. The maximum Gasteiger partial charge on any atom is 0.0587 e. The highest BCUT2D eigenvalue weighted by Crippen LogP contribution is 2.27. The van der Waals surface area contributed by atoms with E-state index in [2.05, 4.69) is 34.2 Å². The van der Waals surface area contributed by atoms with Crippen molar-refractivity contribution < 1.29 is 4.74 Å². The first-order valence-electron chi connectivity index (χ1n) is 5.68. The lowest BCUT2D eigenvalue weighted by molar-refractivity contribution is 0.199. The summed E-state index contributed by atoms with van der Waals surface area (Å²) in [6.07, 6.45) is 3.66. The summed E-state index contributed by atoms with van der Waals surface area (Å²) in [5, 5.41) is 3.36. The van der Waals surface area contributed by atoms with Crippen LogP contribution in [0.1, 0.15) is 22.6 Å². The van der Waals surface area contributed by atoms with Crippen molar-refractivity contribution in [1.82, 2.24) is 5.32 Å². The normalized spacial score (nSPS) is 10.9. The molecule has 0 fully saturated rings. The van der Waals surface area contributed by atoms with Gasteiger partial charge in [-0.25, -0.2) is 0 Å². The fourth-order valence-electron chi connectivity index (χ4n) is 1.54. The Hall–Kier alpha value is 0.100. The third-order valence-electron chi connectivity index (χ3n) is 2.37. The van der Waals surface area contributed by atoms with Gasteiger partial charge in [-0.15, -0.1) is 11.3 Å². The van der Waals surface area contributed by atoms with Crippen molar-refractivity contribution in [2.45, 2.75) is 26.2 Å². The number of unbranched alkanes of at least 4 members (excludes halogenated alkanes) is 1. The topological polar surface area (TPSA) is 21.3 Å². The standard InChI is InChI=1S/C12H20BrNOS/c1-10-9-11(13)12(16-10)5-3-4-6-14-7-8-15-2/h9,14H,3-8H2,1-2H3. The van der Waals surface area contributed by atoms with Gasteiger partial charge in [-0.1, -0.05) is 0 Å². The van der Waals surface area contributed by atoms with Gasteiger partial charge in [0.15, 0.2) is 0 Å². The Morgan fingerprint density at radius 2 is 2.19 bits per heavy atom. The van der Waals surface area contributed by atoms with E-state index in [4.69, 9.17) is 4.74 Å². The number of hydrogen-bond acceptors (Lipinski definition) is 3. The average Bonchev–Trinajstić information content (AvgIpc) is 2.56. The zero-order valence-corrected chi connectivity index (χ0v) is 12.4. The van der Waals surface area contributed by atoms with Gasteiger partial charge in [0, 0.05) is 27.9 Å². The molecule has 0 amide bonds. The van der Waals surface area contributed by atoms with Crippen LogP contribution in [0.3, 0.4) is 0 Å². The minimum absolute atomic E-state index is 0.801.